The van der Waals surface area contributed by atoms with E-state index in [-0.39, 0.29) is 11.8 Å². The second-order valence-electron chi connectivity index (χ2n) is 5.68. The highest BCUT2D eigenvalue weighted by atomic mass is 16.5. The summed E-state index contributed by atoms with van der Waals surface area (Å²) in [5.74, 6) is -0.937. The van der Waals surface area contributed by atoms with Gasteiger partial charge in [-0.2, -0.15) is 4.98 Å². The van der Waals surface area contributed by atoms with E-state index < -0.39 is 17.5 Å². The summed E-state index contributed by atoms with van der Waals surface area (Å²) in [5, 5.41) is 9.28. The van der Waals surface area contributed by atoms with Crippen LogP contribution in [0.25, 0.3) is 0 Å². The van der Waals surface area contributed by atoms with Crippen LogP contribution in [0.2, 0.25) is 0 Å². The number of rotatable bonds is 7. The molecule has 130 valence electrons. The fourth-order valence-electron chi connectivity index (χ4n) is 2.49. The third-order valence-corrected chi connectivity index (χ3v) is 3.75. The van der Waals surface area contributed by atoms with Crippen molar-refractivity contribution in [3.05, 3.63) is 30.0 Å². The summed E-state index contributed by atoms with van der Waals surface area (Å²) in [6.07, 6.45) is 7.42. The van der Waals surface area contributed by atoms with Gasteiger partial charge in [0.25, 0.3) is 0 Å². The van der Waals surface area contributed by atoms with Gasteiger partial charge in [0, 0.05) is 6.42 Å². The summed E-state index contributed by atoms with van der Waals surface area (Å²) in [6, 6.07) is 0. The van der Waals surface area contributed by atoms with Gasteiger partial charge >= 0.3 is 5.97 Å². The average molecular weight is 334 g/mol. The van der Waals surface area contributed by atoms with Gasteiger partial charge in [-0.15, -0.1) is 0 Å². The molecule has 1 aliphatic carbocycles. The Balaban J connectivity index is 1.84. The standard InChI is InChI=1S/C16H22N4O4/c1-10-12(13(17)20-15(18)19-10)23-8-5-9-24-16(2)7-4-3-6-11(16)14(21)22/h3-4,6-7,11H,5,8-9H2,1-2H3,(H,21,22)(H4,17,18,19,20). The van der Waals surface area contributed by atoms with Crippen molar-refractivity contribution >= 4 is 17.7 Å². The van der Waals surface area contributed by atoms with Crippen LogP contribution < -0.4 is 16.2 Å². The van der Waals surface area contributed by atoms with Crippen LogP contribution in [0, 0.1) is 12.8 Å². The van der Waals surface area contributed by atoms with Crippen LogP contribution in [0.5, 0.6) is 5.75 Å². The van der Waals surface area contributed by atoms with Crippen molar-refractivity contribution in [1.29, 1.82) is 0 Å². The molecule has 0 aliphatic heterocycles. The maximum absolute atomic E-state index is 11.3. The molecule has 1 aliphatic rings. The molecule has 0 saturated heterocycles. The smallest absolute Gasteiger partial charge is 0.313 e. The van der Waals surface area contributed by atoms with Gasteiger partial charge in [0.15, 0.2) is 11.6 Å². The summed E-state index contributed by atoms with van der Waals surface area (Å²) in [5.41, 5.74) is 11.0. The predicted octanol–water partition coefficient (Wildman–Crippen LogP) is 1.32. The maximum Gasteiger partial charge on any atom is 0.313 e. The van der Waals surface area contributed by atoms with Crippen LogP contribution in [0.1, 0.15) is 19.0 Å². The lowest BCUT2D eigenvalue weighted by Crippen LogP contribution is -2.41. The van der Waals surface area contributed by atoms with Gasteiger partial charge in [-0.05, 0) is 13.8 Å². The molecule has 24 heavy (non-hydrogen) atoms. The first-order chi connectivity index (χ1) is 11.3. The Labute approximate surface area is 140 Å². The monoisotopic (exact) mass is 334 g/mol. The van der Waals surface area contributed by atoms with Crippen molar-refractivity contribution in [1.82, 2.24) is 9.97 Å². The molecule has 0 fully saturated rings. The molecule has 0 amide bonds. The molecule has 1 aromatic rings. The van der Waals surface area contributed by atoms with Crippen molar-refractivity contribution in [2.24, 2.45) is 5.92 Å². The van der Waals surface area contributed by atoms with Crippen molar-refractivity contribution in [2.75, 3.05) is 24.7 Å². The highest BCUT2D eigenvalue weighted by Gasteiger charge is 2.37. The van der Waals surface area contributed by atoms with E-state index in [0.29, 0.717) is 31.1 Å². The lowest BCUT2D eigenvalue weighted by atomic mass is 9.85. The first-order valence-electron chi connectivity index (χ1n) is 7.58. The van der Waals surface area contributed by atoms with E-state index in [1.165, 1.54) is 0 Å². The SMILES string of the molecule is Cc1nc(N)nc(N)c1OCCCOC1(C)C=CC=CC1C(=O)O. The van der Waals surface area contributed by atoms with Crippen LogP contribution >= 0.6 is 0 Å². The van der Waals surface area contributed by atoms with Crippen molar-refractivity contribution in [3.8, 4) is 5.75 Å². The van der Waals surface area contributed by atoms with Gasteiger partial charge in [-0.25, -0.2) is 4.98 Å². The third kappa shape index (κ3) is 4.02. The van der Waals surface area contributed by atoms with Crippen LogP contribution in [-0.4, -0.2) is 39.9 Å². The van der Waals surface area contributed by atoms with Gasteiger partial charge < -0.3 is 26.0 Å². The molecule has 8 nitrogen and oxygen atoms in total. The highest BCUT2D eigenvalue weighted by Crippen LogP contribution is 2.29. The number of allylic oxidation sites excluding steroid dienone is 2. The number of aliphatic carboxylic acids is 1. The molecule has 2 unspecified atom stereocenters. The molecule has 0 radical (unpaired) electrons. The Hall–Kier alpha value is -2.61. The number of nitrogens with two attached hydrogens (primary N) is 2. The number of carbonyl (C=O) groups is 1. The molecular weight excluding hydrogens is 312 g/mol. The summed E-state index contributed by atoms with van der Waals surface area (Å²) in [6.45, 7) is 4.17. The zero-order valence-corrected chi connectivity index (χ0v) is 13.7. The van der Waals surface area contributed by atoms with Gasteiger partial charge in [-0.1, -0.05) is 24.3 Å². The Kier molecular flexibility index (Phi) is 5.40. The van der Waals surface area contributed by atoms with Gasteiger partial charge in [-0.3, -0.25) is 4.79 Å². The van der Waals surface area contributed by atoms with Crippen LogP contribution in [-0.2, 0) is 9.53 Å². The minimum Gasteiger partial charge on any atom is -0.488 e. The van der Waals surface area contributed by atoms with E-state index in [4.69, 9.17) is 20.9 Å². The first kappa shape index (κ1) is 17.7. The fraction of sp³-hybridized carbons (Fsp3) is 0.438. The van der Waals surface area contributed by atoms with Crippen molar-refractivity contribution in [2.45, 2.75) is 25.9 Å². The number of carboxylic acids is 1. The van der Waals surface area contributed by atoms with E-state index in [2.05, 4.69) is 9.97 Å². The number of nitrogens with zero attached hydrogens (tertiary/aromatic N) is 2. The molecule has 1 aromatic heterocycles. The maximum atomic E-state index is 11.3. The van der Waals surface area contributed by atoms with E-state index >= 15 is 0 Å². The second kappa shape index (κ2) is 7.31. The highest BCUT2D eigenvalue weighted by molar-refractivity contribution is 5.75. The molecule has 8 heteroatoms. The van der Waals surface area contributed by atoms with Crippen LogP contribution in [0.3, 0.4) is 0 Å². The average Bonchev–Trinajstić information content (AvgIpc) is 2.49. The number of carboxylic acid groups (broad SMARTS) is 1. The fourth-order valence-corrected chi connectivity index (χ4v) is 2.49. The number of hydrogen-bond donors (Lipinski definition) is 3. The summed E-state index contributed by atoms with van der Waals surface area (Å²) >= 11 is 0. The third-order valence-electron chi connectivity index (χ3n) is 3.75. The van der Waals surface area contributed by atoms with E-state index in [1.807, 2.05) is 0 Å². The number of aromatic nitrogens is 2. The van der Waals surface area contributed by atoms with Crippen LogP contribution in [0.4, 0.5) is 11.8 Å². The number of hydrogen-bond acceptors (Lipinski definition) is 7. The zero-order chi connectivity index (χ0) is 17.7. The Morgan fingerprint density at radius 3 is 2.75 bits per heavy atom. The van der Waals surface area contributed by atoms with Gasteiger partial charge in [0.2, 0.25) is 5.95 Å². The van der Waals surface area contributed by atoms with Gasteiger partial charge in [0.1, 0.15) is 11.5 Å². The minimum absolute atomic E-state index is 0.102. The minimum atomic E-state index is -0.920. The number of nitrogen functional groups attached to an aromatic ring is 2. The lowest BCUT2D eigenvalue weighted by Gasteiger charge is -2.32. The van der Waals surface area contributed by atoms with Gasteiger partial charge in [0.05, 0.1) is 18.9 Å². The molecule has 0 bridgehead atoms. The Bertz CT molecular complexity index is 651. The van der Waals surface area contributed by atoms with E-state index in [0.717, 1.165) is 0 Å². The predicted molar refractivity (Wildman–Crippen MR) is 89.5 cm³/mol. The summed E-state index contributed by atoms with van der Waals surface area (Å²) in [4.78, 5) is 19.2. The number of aryl methyl sites for hydroxylation is 1. The van der Waals surface area contributed by atoms with E-state index in [9.17, 15) is 9.90 Å². The Morgan fingerprint density at radius 1 is 1.33 bits per heavy atom. The number of anilines is 2. The number of ether oxygens (including phenoxy) is 2. The quantitative estimate of drug-likeness (QED) is 0.636. The molecule has 5 N–H and O–H groups in total. The van der Waals surface area contributed by atoms with Crippen molar-refractivity contribution < 1.29 is 19.4 Å². The largest absolute Gasteiger partial charge is 0.488 e. The summed E-state index contributed by atoms with van der Waals surface area (Å²) in [7, 11) is 0. The first-order valence-corrected chi connectivity index (χ1v) is 7.58. The molecule has 2 atom stereocenters. The second-order valence-corrected chi connectivity index (χ2v) is 5.68. The Morgan fingerprint density at radius 2 is 2.08 bits per heavy atom. The molecular formula is C16H22N4O4. The molecule has 2 rings (SSSR count). The topological polar surface area (TPSA) is 134 Å². The molecule has 0 spiro atoms. The summed E-state index contributed by atoms with van der Waals surface area (Å²) < 4.78 is 11.4. The lowest BCUT2D eigenvalue weighted by molar-refractivity contribution is -0.148. The zero-order valence-electron chi connectivity index (χ0n) is 13.7. The normalized spacial score (nSPS) is 22.5. The molecule has 0 saturated carbocycles. The van der Waals surface area contributed by atoms with Crippen LogP contribution in [0.15, 0.2) is 24.3 Å². The van der Waals surface area contributed by atoms with Crippen molar-refractivity contribution in [3.63, 3.8) is 0 Å². The molecule has 1 heterocycles. The molecule has 0 aromatic carbocycles. The van der Waals surface area contributed by atoms with E-state index in [1.54, 1.807) is 38.2 Å².